The fraction of sp³-hybridized carbons (Fsp3) is 0.423. The van der Waals surface area contributed by atoms with Gasteiger partial charge in [-0.25, -0.2) is 9.59 Å². The molecular weight excluding hydrogens is 452 g/mol. The van der Waals surface area contributed by atoms with Gasteiger partial charge >= 0.3 is 12.1 Å². The number of nitrogens with one attached hydrogen (secondary N) is 1. The van der Waals surface area contributed by atoms with E-state index in [9.17, 15) is 19.5 Å². The maximum absolute atomic E-state index is 13.3. The molecular formula is C26H30N2O5S. The first-order valence-electron chi connectivity index (χ1n) is 11.5. The topological polar surface area (TPSA) is 95.9 Å². The fourth-order valence-corrected chi connectivity index (χ4v) is 5.47. The number of ether oxygens (including phenoxy) is 1. The Bertz CT molecular complexity index is 1040. The lowest BCUT2D eigenvalue weighted by molar-refractivity contribution is -0.156. The molecule has 2 N–H and O–H groups in total. The van der Waals surface area contributed by atoms with Crippen LogP contribution in [0.5, 0.6) is 0 Å². The van der Waals surface area contributed by atoms with Crippen molar-refractivity contribution >= 4 is 29.7 Å². The van der Waals surface area contributed by atoms with Gasteiger partial charge in [0.25, 0.3) is 0 Å². The van der Waals surface area contributed by atoms with Gasteiger partial charge in [0.15, 0.2) is 0 Å². The number of alkyl carbamates (subject to hydrolysis) is 1. The number of carboxylic acids is 1. The molecule has 1 heterocycles. The summed E-state index contributed by atoms with van der Waals surface area (Å²) in [7, 11) is 0. The molecule has 1 aliphatic heterocycles. The van der Waals surface area contributed by atoms with Crippen LogP contribution in [0.1, 0.15) is 43.2 Å². The summed E-state index contributed by atoms with van der Waals surface area (Å²) >= 11 is 1.56. The first-order valence-corrected chi connectivity index (χ1v) is 12.9. The zero-order valence-corrected chi connectivity index (χ0v) is 20.3. The van der Waals surface area contributed by atoms with E-state index < -0.39 is 23.6 Å². The number of rotatable bonds is 8. The van der Waals surface area contributed by atoms with Gasteiger partial charge in [0.1, 0.15) is 18.2 Å². The van der Waals surface area contributed by atoms with Gasteiger partial charge in [0.2, 0.25) is 5.91 Å². The van der Waals surface area contributed by atoms with Crippen LogP contribution in [0, 0.1) is 0 Å². The molecule has 0 unspecified atom stereocenters. The molecule has 1 saturated heterocycles. The second kappa shape index (κ2) is 10.1. The Hall–Kier alpha value is -3.00. The number of hydrogen-bond acceptors (Lipinski definition) is 5. The molecule has 2 aromatic rings. The molecule has 2 atom stereocenters. The summed E-state index contributed by atoms with van der Waals surface area (Å²) in [5, 5.41) is 12.4. The molecule has 0 spiro atoms. The Morgan fingerprint density at radius 3 is 2.35 bits per heavy atom. The van der Waals surface area contributed by atoms with Crippen LogP contribution < -0.4 is 5.32 Å². The number of nitrogens with zero attached hydrogens (tertiary/aromatic N) is 1. The van der Waals surface area contributed by atoms with E-state index in [0.29, 0.717) is 31.6 Å². The predicted octanol–water partition coefficient (Wildman–Crippen LogP) is 4.11. The maximum Gasteiger partial charge on any atom is 0.407 e. The number of fused-ring (bicyclic) bond motifs is 3. The molecule has 0 bridgehead atoms. The molecule has 4 rings (SSSR count). The average molecular weight is 483 g/mol. The molecule has 8 heteroatoms. The first kappa shape index (κ1) is 24.1. The minimum Gasteiger partial charge on any atom is -0.480 e. The van der Waals surface area contributed by atoms with Gasteiger partial charge in [-0.15, -0.1) is 0 Å². The highest BCUT2D eigenvalue weighted by Crippen LogP contribution is 2.44. The molecule has 0 aromatic heterocycles. The van der Waals surface area contributed by atoms with E-state index in [4.69, 9.17) is 4.74 Å². The molecule has 2 aliphatic rings. The second-order valence-corrected chi connectivity index (χ2v) is 9.96. The Morgan fingerprint density at radius 2 is 1.76 bits per heavy atom. The number of carbonyl (C=O) groups excluding carboxylic acids is 2. The fourth-order valence-electron chi connectivity index (χ4n) is 5.00. The van der Waals surface area contributed by atoms with E-state index in [-0.39, 0.29) is 18.4 Å². The van der Waals surface area contributed by atoms with Crippen LogP contribution in [0.4, 0.5) is 4.79 Å². The SMILES string of the molecule is CSCC[C@@H](NC(=O)OCC1c2ccccc2-c2ccccc21)C(=O)N1CCC[C@]1(C)C(=O)O. The van der Waals surface area contributed by atoms with Crippen molar-refractivity contribution in [3.63, 3.8) is 0 Å². The molecule has 7 nitrogen and oxygen atoms in total. The number of hydrogen-bond donors (Lipinski definition) is 2. The number of amides is 2. The Balaban J connectivity index is 1.45. The van der Waals surface area contributed by atoms with E-state index in [0.717, 1.165) is 22.3 Å². The predicted molar refractivity (Wildman–Crippen MR) is 132 cm³/mol. The maximum atomic E-state index is 13.3. The molecule has 34 heavy (non-hydrogen) atoms. The third kappa shape index (κ3) is 4.51. The number of thioether (sulfide) groups is 1. The van der Waals surface area contributed by atoms with Gasteiger partial charge in [-0.1, -0.05) is 48.5 Å². The number of likely N-dealkylation sites (tertiary alicyclic amines) is 1. The number of carbonyl (C=O) groups is 3. The van der Waals surface area contributed by atoms with Gasteiger partial charge in [-0.3, -0.25) is 4.79 Å². The van der Waals surface area contributed by atoms with Crippen molar-refractivity contribution in [1.29, 1.82) is 0 Å². The number of aliphatic carboxylic acids is 1. The Kier molecular flexibility index (Phi) is 7.16. The van der Waals surface area contributed by atoms with Gasteiger partial charge in [0.05, 0.1) is 0 Å². The van der Waals surface area contributed by atoms with Gasteiger partial charge in [0, 0.05) is 12.5 Å². The summed E-state index contributed by atoms with van der Waals surface area (Å²) in [4.78, 5) is 39.3. The quantitative estimate of drug-likeness (QED) is 0.588. The van der Waals surface area contributed by atoms with Gasteiger partial charge < -0.3 is 20.1 Å². The van der Waals surface area contributed by atoms with Gasteiger partial charge in [-0.2, -0.15) is 11.8 Å². The summed E-state index contributed by atoms with van der Waals surface area (Å²) < 4.78 is 5.62. The summed E-state index contributed by atoms with van der Waals surface area (Å²) in [6.45, 7) is 2.09. The smallest absolute Gasteiger partial charge is 0.407 e. The van der Waals surface area contributed by atoms with E-state index in [1.54, 1.807) is 18.7 Å². The van der Waals surface area contributed by atoms with Crippen molar-refractivity contribution in [1.82, 2.24) is 10.2 Å². The van der Waals surface area contributed by atoms with E-state index >= 15 is 0 Å². The monoisotopic (exact) mass is 482 g/mol. The molecule has 0 radical (unpaired) electrons. The standard InChI is InChI=1S/C26H30N2O5S/c1-26(24(30)31)13-7-14-28(26)23(29)22(12-15-34-2)27-25(32)33-16-21-19-10-5-3-8-17(19)18-9-4-6-11-20(18)21/h3-6,8-11,21-22H,7,12-16H2,1-2H3,(H,27,32)(H,30,31)/t22-,26-/m1/s1. The summed E-state index contributed by atoms with van der Waals surface area (Å²) in [5.41, 5.74) is 3.25. The highest BCUT2D eigenvalue weighted by molar-refractivity contribution is 7.98. The van der Waals surface area contributed by atoms with Crippen LogP contribution in [0.25, 0.3) is 11.1 Å². The zero-order valence-electron chi connectivity index (χ0n) is 19.5. The van der Waals surface area contributed by atoms with E-state index in [1.165, 1.54) is 4.90 Å². The van der Waals surface area contributed by atoms with Crippen LogP contribution >= 0.6 is 11.8 Å². The van der Waals surface area contributed by atoms with E-state index in [1.807, 2.05) is 42.7 Å². The minimum atomic E-state index is -1.25. The normalized spacial score (nSPS) is 19.9. The van der Waals surface area contributed by atoms with Crippen LogP contribution in [0.3, 0.4) is 0 Å². The lowest BCUT2D eigenvalue weighted by atomic mass is 9.98. The van der Waals surface area contributed by atoms with Gasteiger partial charge in [-0.05, 0) is 60.4 Å². The van der Waals surface area contributed by atoms with Crippen molar-refractivity contribution in [3.05, 3.63) is 59.7 Å². The average Bonchev–Trinajstić information content (AvgIpc) is 3.39. The third-order valence-corrected chi connectivity index (χ3v) is 7.56. The van der Waals surface area contributed by atoms with Crippen LogP contribution in [-0.2, 0) is 14.3 Å². The highest BCUT2D eigenvalue weighted by atomic mass is 32.2. The molecule has 1 fully saturated rings. The Morgan fingerprint density at radius 1 is 1.15 bits per heavy atom. The van der Waals surface area contributed by atoms with Crippen molar-refractivity contribution < 1.29 is 24.2 Å². The molecule has 2 aromatic carbocycles. The number of carboxylic acid groups (broad SMARTS) is 1. The molecule has 1 aliphatic carbocycles. The zero-order chi connectivity index (χ0) is 24.3. The first-order chi connectivity index (χ1) is 16.4. The van der Waals surface area contributed by atoms with Crippen molar-refractivity contribution in [3.8, 4) is 11.1 Å². The lowest BCUT2D eigenvalue weighted by Crippen LogP contribution is -2.57. The van der Waals surface area contributed by atoms with Crippen molar-refractivity contribution in [2.45, 2.75) is 43.7 Å². The van der Waals surface area contributed by atoms with Crippen molar-refractivity contribution in [2.24, 2.45) is 0 Å². The number of benzene rings is 2. The summed E-state index contributed by atoms with van der Waals surface area (Å²) in [6.07, 6.45) is 2.67. The second-order valence-electron chi connectivity index (χ2n) is 8.98. The Labute approximate surface area is 203 Å². The lowest BCUT2D eigenvalue weighted by Gasteiger charge is -2.34. The van der Waals surface area contributed by atoms with Crippen molar-refractivity contribution in [2.75, 3.05) is 25.2 Å². The third-order valence-electron chi connectivity index (χ3n) is 6.91. The van der Waals surface area contributed by atoms with E-state index in [2.05, 4.69) is 17.4 Å². The largest absolute Gasteiger partial charge is 0.480 e. The van der Waals surface area contributed by atoms with Crippen LogP contribution in [-0.4, -0.2) is 64.7 Å². The molecule has 0 saturated carbocycles. The minimum absolute atomic E-state index is 0.0765. The van der Waals surface area contributed by atoms with Crippen LogP contribution in [0.2, 0.25) is 0 Å². The summed E-state index contributed by atoms with van der Waals surface area (Å²) in [5.74, 6) is -0.821. The summed E-state index contributed by atoms with van der Waals surface area (Å²) in [6, 6.07) is 15.3. The molecule has 2 amide bonds. The van der Waals surface area contributed by atoms with Crippen LogP contribution in [0.15, 0.2) is 48.5 Å². The molecule has 180 valence electrons. The highest BCUT2D eigenvalue weighted by Gasteiger charge is 2.47.